The predicted octanol–water partition coefficient (Wildman–Crippen LogP) is 0.117. The number of aliphatic hydroxyl groups excluding tert-OH is 3. The van der Waals surface area contributed by atoms with Crippen LogP contribution in [0.25, 0.3) is 11.2 Å². The second kappa shape index (κ2) is 10.6. The van der Waals surface area contributed by atoms with Crippen molar-refractivity contribution in [2.24, 2.45) is 0 Å². The quantitative estimate of drug-likeness (QED) is 0.234. The highest BCUT2D eigenvalue weighted by molar-refractivity contribution is 7.46. The number of aromatic amines is 1. The largest absolute Gasteiger partial charge is 0.469 e. The molecule has 4 rings (SSSR count). The number of benzene rings is 1. The highest BCUT2D eigenvalue weighted by Crippen LogP contribution is 2.37. The summed E-state index contributed by atoms with van der Waals surface area (Å²) in [5.74, 6) is 0.778. The molecule has 33 heavy (non-hydrogen) atoms. The molecule has 1 aromatic carbocycles. The number of aliphatic hydroxyl groups is 3. The zero-order chi connectivity index (χ0) is 24.2. The van der Waals surface area contributed by atoms with Gasteiger partial charge in [-0.2, -0.15) is 0 Å². The topological polar surface area (TPSA) is 203 Å². The lowest BCUT2D eigenvalue weighted by molar-refractivity contribution is -0.132. The van der Waals surface area contributed by atoms with Crippen molar-refractivity contribution >= 4 is 24.8 Å². The number of fused-ring (bicyclic) bond motifs is 1. The van der Waals surface area contributed by atoms with Crippen molar-refractivity contribution in [2.75, 3.05) is 11.9 Å². The van der Waals surface area contributed by atoms with Crippen LogP contribution in [0.15, 0.2) is 30.9 Å². The van der Waals surface area contributed by atoms with E-state index >= 15 is 0 Å². The fourth-order valence-electron chi connectivity index (χ4n) is 3.04. The normalized spacial score (nSPS) is 22.8. The number of hydrogen-bond acceptors (Lipinski definition) is 10. The molecule has 0 spiro atoms. The summed E-state index contributed by atoms with van der Waals surface area (Å²) < 4.78 is 18.9. The number of anilines is 1. The molecule has 0 bridgehead atoms. The lowest BCUT2D eigenvalue weighted by Crippen LogP contribution is -2.34. The van der Waals surface area contributed by atoms with Crippen LogP contribution in [0.1, 0.15) is 16.7 Å². The summed E-state index contributed by atoms with van der Waals surface area (Å²) in [6.07, 6.45) is -2.52. The molecule has 1 fully saturated rings. The molecule has 0 radical (unpaired) electrons. The maximum absolute atomic E-state index is 10.3. The molecule has 4 atom stereocenters. The molecule has 0 amide bonds. The van der Waals surface area contributed by atoms with Gasteiger partial charge in [0.1, 0.15) is 30.2 Å². The van der Waals surface area contributed by atoms with Crippen LogP contribution in [0.5, 0.6) is 0 Å². The Balaban J connectivity index is 0.000000196. The number of phosphoric acid groups is 1. The molecule has 1 unspecified atom stereocenters. The number of nitrogens with one attached hydrogen (secondary N) is 2. The van der Waals surface area contributed by atoms with Crippen LogP contribution in [0.2, 0.25) is 0 Å². The first-order chi connectivity index (χ1) is 15.5. The number of rotatable bonds is 6. The van der Waals surface area contributed by atoms with E-state index in [1.807, 2.05) is 0 Å². The Morgan fingerprint density at radius 1 is 1.12 bits per heavy atom. The number of ether oxygens (including phenoxy) is 1. The number of aromatic nitrogens is 4. The van der Waals surface area contributed by atoms with Crippen molar-refractivity contribution in [2.45, 2.75) is 45.0 Å². The smallest absolute Gasteiger partial charge is 0.387 e. The molecule has 2 aromatic heterocycles. The van der Waals surface area contributed by atoms with Crippen LogP contribution in [0.3, 0.4) is 0 Å². The van der Waals surface area contributed by atoms with Gasteiger partial charge in [0.25, 0.3) is 0 Å². The van der Waals surface area contributed by atoms with Crippen molar-refractivity contribution in [1.29, 1.82) is 0 Å². The van der Waals surface area contributed by atoms with E-state index in [1.165, 1.54) is 23.0 Å². The van der Waals surface area contributed by atoms with Gasteiger partial charge in [0.15, 0.2) is 17.8 Å². The maximum Gasteiger partial charge on any atom is 0.469 e. The van der Waals surface area contributed by atoms with Gasteiger partial charge < -0.3 is 40.1 Å². The van der Waals surface area contributed by atoms with Gasteiger partial charge in [-0.15, -0.1) is 0 Å². The molecule has 3 heterocycles. The van der Waals surface area contributed by atoms with E-state index in [2.05, 4.69) is 66.6 Å². The van der Waals surface area contributed by atoms with Gasteiger partial charge in [0.2, 0.25) is 0 Å². The van der Waals surface area contributed by atoms with Crippen LogP contribution in [0, 0.1) is 13.8 Å². The Labute approximate surface area is 188 Å². The fraction of sp³-hybridized carbons (Fsp3) is 0.421. The average molecular weight is 483 g/mol. The van der Waals surface area contributed by atoms with E-state index < -0.39 is 39.0 Å². The van der Waals surface area contributed by atoms with E-state index in [9.17, 15) is 4.57 Å². The molecule has 13 nitrogen and oxygen atoms in total. The van der Waals surface area contributed by atoms with Gasteiger partial charge in [-0.1, -0.05) is 18.2 Å². The minimum Gasteiger partial charge on any atom is -0.387 e. The standard InChI is InChI=1S/C14H15N5.C5H11O8P/c1-9-3-4-11(5-10(9)2)6-15-13-12-14(17-7-16-12)19-8-18-13;6-3-2(1-12-14(9,10)11)13-5(8)4(3)7/h3-5,7-8H,6H2,1-2H3,(H2,15,16,17,18,19);2-8H,1H2,(H2,9,10,11)/t;2-,3-,4-,5?/m.1/s1. The van der Waals surface area contributed by atoms with Gasteiger partial charge in [-0.3, -0.25) is 4.52 Å². The first kappa shape index (κ1) is 25.1. The minimum absolute atomic E-state index is 0.612. The molecule has 0 saturated carbocycles. The summed E-state index contributed by atoms with van der Waals surface area (Å²) in [6, 6.07) is 6.45. The minimum atomic E-state index is -4.64. The number of imidazole rings is 1. The van der Waals surface area contributed by atoms with Crippen molar-refractivity contribution in [1.82, 2.24) is 19.9 Å². The van der Waals surface area contributed by atoms with Gasteiger partial charge >= 0.3 is 7.82 Å². The Morgan fingerprint density at radius 3 is 2.52 bits per heavy atom. The predicted molar refractivity (Wildman–Crippen MR) is 116 cm³/mol. The third kappa shape index (κ3) is 6.76. The molecule has 180 valence electrons. The van der Waals surface area contributed by atoms with E-state index in [0.29, 0.717) is 5.65 Å². The second-order valence-corrected chi connectivity index (χ2v) is 8.67. The Bertz CT molecular complexity index is 1120. The van der Waals surface area contributed by atoms with Gasteiger partial charge in [0.05, 0.1) is 12.9 Å². The van der Waals surface area contributed by atoms with Gasteiger partial charge in [-0.05, 0) is 30.5 Å². The zero-order valence-electron chi connectivity index (χ0n) is 17.9. The number of nitrogens with zero attached hydrogens (tertiary/aromatic N) is 3. The lowest BCUT2D eigenvalue weighted by Gasteiger charge is -2.14. The van der Waals surface area contributed by atoms with E-state index in [-0.39, 0.29) is 0 Å². The molecule has 1 aliphatic heterocycles. The van der Waals surface area contributed by atoms with Gasteiger partial charge in [0, 0.05) is 6.54 Å². The van der Waals surface area contributed by atoms with Crippen LogP contribution in [-0.2, 0) is 20.4 Å². The summed E-state index contributed by atoms with van der Waals surface area (Å²) in [6.45, 7) is 4.35. The van der Waals surface area contributed by atoms with E-state index in [4.69, 9.17) is 25.1 Å². The van der Waals surface area contributed by atoms with Crippen LogP contribution in [0.4, 0.5) is 5.82 Å². The zero-order valence-corrected chi connectivity index (χ0v) is 18.8. The third-order valence-corrected chi connectivity index (χ3v) is 5.48. The Morgan fingerprint density at radius 2 is 1.88 bits per heavy atom. The molecular weight excluding hydrogens is 457 g/mol. The molecule has 3 aromatic rings. The monoisotopic (exact) mass is 483 g/mol. The van der Waals surface area contributed by atoms with Crippen molar-refractivity contribution in [3.8, 4) is 0 Å². The maximum atomic E-state index is 10.3. The first-order valence-electron chi connectivity index (χ1n) is 9.89. The summed E-state index contributed by atoms with van der Waals surface area (Å²) in [5.41, 5.74) is 5.36. The van der Waals surface area contributed by atoms with Crippen LogP contribution < -0.4 is 5.32 Å². The molecule has 1 saturated heterocycles. The van der Waals surface area contributed by atoms with Gasteiger partial charge in [-0.25, -0.2) is 19.5 Å². The summed E-state index contributed by atoms with van der Waals surface area (Å²) in [5, 5.41) is 30.3. The Kier molecular flexibility index (Phi) is 8.10. The summed E-state index contributed by atoms with van der Waals surface area (Å²) in [7, 11) is -4.64. The first-order valence-corrected chi connectivity index (χ1v) is 11.4. The number of H-pyrrole nitrogens is 1. The van der Waals surface area contributed by atoms with E-state index in [0.717, 1.165) is 17.9 Å². The molecule has 0 aliphatic carbocycles. The van der Waals surface area contributed by atoms with Crippen LogP contribution in [-0.4, -0.2) is 76.3 Å². The number of hydrogen-bond donors (Lipinski definition) is 7. The number of aryl methyl sites for hydroxylation is 2. The van der Waals surface area contributed by atoms with Crippen molar-refractivity contribution in [3.63, 3.8) is 0 Å². The van der Waals surface area contributed by atoms with Crippen LogP contribution >= 0.6 is 7.82 Å². The highest BCUT2D eigenvalue weighted by Gasteiger charge is 2.42. The van der Waals surface area contributed by atoms with Crippen molar-refractivity contribution < 1.29 is 38.9 Å². The third-order valence-electron chi connectivity index (χ3n) is 5.00. The second-order valence-electron chi connectivity index (χ2n) is 7.43. The molecule has 7 N–H and O–H groups in total. The highest BCUT2D eigenvalue weighted by atomic mass is 31.2. The Hall–Kier alpha value is -2.48. The summed E-state index contributed by atoms with van der Waals surface area (Å²) >= 11 is 0. The average Bonchev–Trinajstić information content (AvgIpc) is 3.34. The molecular formula is C19H26N5O8P. The fourth-order valence-corrected chi connectivity index (χ4v) is 3.38. The molecule has 1 aliphatic rings. The summed E-state index contributed by atoms with van der Waals surface area (Å²) in [4.78, 5) is 32.1. The molecule has 14 heteroatoms. The van der Waals surface area contributed by atoms with E-state index in [1.54, 1.807) is 6.33 Å². The SMILES string of the molecule is Cc1ccc(CNc2ncnc3nc[nH]c23)cc1C.O=P(O)(O)OC[C@H]1OC(O)[C@H](O)[C@@H]1O. The number of phosphoric ester groups is 1. The lowest BCUT2D eigenvalue weighted by atomic mass is 10.1. The van der Waals surface area contributed by atoms with Crippen molar-refractivity contribution in [3.05, 3.63) is 47.5 Å².